The van der Waals surface area contributed by atoms with Crippen LogP contribution in [0.4, 0.5) is 0 Å². The second-order valence-electron chi connectivity index (χ2n) is 10.9. The highest BCUT2D eigenvalue weighted by molar-refractivity contribution is 6.30. The van der Waals surface area contributed by atoms with Crippen LogP contribution in [0.3, 0.4) is 0 Å². The highest BCUT2D eigenvalue weighted by atomic mass is 35.5. The number of aromatic nitrogens is 2. The van der Waals surface area contributed by atoms with Crippen molar-refractivity contribution in [3.05, 3.63) is 58.1 Å². The van der Waals surface area contributed by atoms with Crippen molar-refractivity contribution in [2.24, 2.45) is 0 Å². The summed E-state index contributed by atoms with van der Waals surface area (Å²) < 4.78 is 0. The topological polar surface area (TPSA) is 58.1 Å². The van der Waals surface area contributed by atoms with Crippen LogP contribution in [0.2, 0.25) is 5.02 Å². The number of fused-ring (bicyclic) bond motifs is 1. The van der Waals surface area contributed by atoms with Crippen LogP contribution < -0.4 is 5.32 Å². The molecule has 5 rings (SSSR count). The van der Waals surface area contributed by atoms with Gasteiger partial charge in [-0.15, -0.1) is 24.8 Å². The molecule has 1 N–H and O–H groups in total. The van der Waals surface area contributed by atoms with Crippen molar-refractivity contribution >= 4 is 42.7 Å². The summed E-state index contributed by atoms with van der Waals surface area (Å²) in [5.41, 5.74) is 4.27. The second kappa shape index (κ2) is 11.0. The Morgan fingerprint density at radius 3 is 2.37 bits per heavy atom. The van der Waals surface area contributed by atoms with Crippen molar-refractivity contribution in [1.82, 2.24) is 20.2 Å². The van der Waals surface area contributed by atoms with E-state index in [-0.39, 0.29) is 36.4 Å². The molecule has 1 aromatic heterocycles. The van der Waals surface area contributed by atoms with Crippen molar-refractivity contribution < 1.29 is 4.79 Å². The molecule has 2 saturated heterocycles. The van der Waals surface area contributed by atoms with Gasteiger partial charge in [-0.25, -0.2) is 9.97 Å². The maximum atomic E-state index is 13.0. The van der Waals surface area contributed by atoms with Crippen molar-refractivity contribution in [3.63, 3.8) is 0 Å². The number of aldehydes is 1. The maximum Gasteiger partial charge on any atom is 0.146 e. The SMILES string of the molecule is C[C@@H]1CCc2ncnc(C3CCN([C@@](C=O)(c4ccc(Cl)cc4)[C@@H]4CCC(C)(C)N4)CC3)c21.Cl.Cl. The molecule has 1 aromatic carbocycles. The number of benzene rings is 1. The van der Waals surface area contributed by atoms with Crippen molar-refractivity contribution in [1.29, 1.82) is 0 Å². The molecule has 2 fully saturated rings. The molecule has 2 aliphatic heterocycles. The number of aryl methyl sites for hydroxylation is 1. The van der Waals surface area contributed by atoms with Gasteiger partial charge in [-0.3, -0.25) is 4.90 Å². The van der Waals surface area contributed by atoms with Crippen molar-refractivity contribution in [2.75, 3.05) is 13.1 Å². The third-order valence-corrected chi connectivity index (χ3v) is 8.60. The number of nitrogens with one attached hydrogen (secondary N) is 1. The molecular formula is C27H37Cl3N4O. The fourth-order valence-electron chi connectivity index (χ4n) is 6.53. The molecule has 0 amide bonds. The minimum atomic E-state index is -0.690. The Kier molecular flexibility index (Phi) is 8.92. The molecule has 8 heteroatoms. The lowest BCUT2D eigenvalue weighted by atomic mass is 9.78. The van der Waals surface area contributed by atoms with Crippen LogP contribution in [0, 0.1) is 0 Å². The molecule has 2 aromatic rings. The Morgan fingerprint density at radius 1 is 1.09 bits per heavy atom. The Morgan fingerprint density at radius 2 is 1.77 bits per heavy atom. The van der Waals surface area contributed by atoms with Crippen LogP contribution in [0.25, 0.3) is 0 Å². The highest BCUT2D eigenvalue weighted by Gasteiger charge is 2.50. The van der Waals surface area contributed by atoms with E-state index >= 15 is 0 Å². The summed E-state index contributed by atoms with van der Waals surface area (Å²) in [5, 5.41) is 4.49. The van der Waals surface area contributed by atoms with Crippen LogP contribution in [0.1, 0.15) is 87.2 Å². The minimum Gasteiger partial charge on any atom is -0.306 e. The smallest absolute Gasteiger partial charge is 0.146 e. The fraction of sp³-hybridized carbons (Fsp3) is 0.593. The molecule has 35 heavy (non-hydrogen) atoms. The summed E-state index contributed by atoms with van der Waals surface area (Å²) >= 11 is 6.21. The van der Waals surface area contributed by atoms with Crippen LogP contribution in [-0.2, 0) is 16.8 Å². The highest BCUT2D eigenvalue weighted by Crippen LogP contribution is 2.43. The van der Waals surface area contributed by atoms with E-state index in [1.165, 1.54) is 29.7 Å². The molecule has 5 nitrogen and oxygen atoms in total. The van der Waals surface area contributed by atoms with Gasteiger partial charge < -0.3 is 10.1 Å². The number of piperidine rings is 1. The quantitative estimate of drug-likeness (QED) is 0.485. The van der Waals surface area contributed by atoms with Gasteiger partial charge in [0, 0.05) is 41.3 Å². The van der Waals surface area contributed by atoms with E-state index < -0.39 is 5.54 Å². The first-order valence-corrected chi connectivity index (χ1v) is 12.8. The monoisotopic (exact) mass is 538 g/mol. The Bertz CT molecular complexity index is 1020. The minimum absolute atomic E-state index is 0. The summed E-state index contributed by atoms with van der Waals surface area (Å²) in [6.45, 7) is 8.51. The zero-order valence-corrected chi connectivity index (χ0v) is 23.2. The van der Waals surface area contributed by atoms with E-state index in [4.69, 9.17) is 16.6 Å². The molecule has 1 aliphatic carbocycles. The summed E-state index contributed by atoms with van der Waals surface area (Å²) in [4.78, 5) is 24.8. The molecule has 3 atom stereocenters. The van der Waals surface area contributed by atoms with E-state index in [1.54, 1.807) is 6.33 Å². The number of carbonyl (C=O) groups excluding carboxylic acids is 1. The normalized spacial score (nSPS) is 25.7. The average molecular weight is 540 g/mol. The Labute approximate surface area is 226 Å². The van der Waals surface area contributed by atoms with Gasteiger partial charge in [-0.2, -0.15) is 0 Å². The molecule has 0 spiro atoms. The predicted molar refractivity (Wildman–Crippen MR) is 146 cm³/mol. The predicted octanol–water partition coefficient (Wildman–Crippen LogP) is 5.83. The van der Waals surface area contributed by atoms with E-state index in [9.17, 15) is 4.79 Å². The van der Waals surface area contributed by atoms with Crippen LogP contribution in [0.5, 0.6) is 0 Å². The van der Waals surface area contributed by atoms with Crippen LogP contribution in [0.15, 0.2) is 30.6 Å². The average Bonchev–Trinajstić information content (AvgIpc) is 3.38. The second-order valence-corrected chi connectivity index (χ2v) is 11.3. The number of nitrogens with zero attached hydrogens (tertiary/aromatic N) is 3. The van der Waals surface area contributed by atoms with Crippen molar-refractivity contribution in [2.45, 2.75) is 88.3 Å². The lowest BCUT2D eigenvalue weighted by molar-refractivity contribution is -0.122. The molecule has 0 saturated carbocycles. The van der Waals surface area contributed by atoms with Gasteiger partial charge in [0.15, 0.2) is 0 Å². The van der Waals surface area contributed by atoms with Gasteiger partial charge in [0.2, 0.25) is 0 Å². The zero-order chi connectivity index (χ0) is 23.2. The molecule has 0 bridgehead atoms. The lowest BCUT2D eigenvalue weighted by Gasteiger charge is -2.48. The molecule has 0 unspecified atom stereocenters. The van der Waals surface area contributed by atoms with Crippen LogP contribution in [-0.4, -0.2) is 45.8 Å². The number of likely N-dealkylation sites (tertiary alicyclic amines) is 1. The van der Waals surface area contributed by atoms with Gasteiger partial charge in [-0.05, 0) is 81.5 Å². The first-order chi connectivity index (χ1) is 15.8. The third kappa shape index (κ3) is 5.13. The van der Waals surface area contributed by atoms with Gasteiger partial charge >= 0.3 is 0 Å². The van der Waals surface area contributed by atoms with Gasteiger partial charge in [0.1, 0.15) is 18.2 Å². The van der Waals surface area contributed by atoms with Crippen LogP contribution >= 0.6 is 36.4 Å². The molecule has 192 valence electrons. The first kappa shape index (κ1) is 28.3. The van der Waals surface area contributed by atoms with Crippen molar-refractivity contribution in [3.8, 4) is 0 Å². The molecule has 3 heterocycles. The zero-order valence-electron chi connectivity index (χ0n) is 20.8. The summed E-state index contributed by atoms with van der Waals surface area (Å²) in [5.74, 6) is 0.975. The fourth-order valence-corrected chi connectivity index (χ4v) is 6.65. The van der Waals surface area contributed by atoms with Gasteiger partial charge in [0.05, 0.1) is 5.69 Å². The number of halogens is 3. The standard InChI is InChI=1S/C27H35ClN4O.2ClH/c1-18-4-9-22-24(18)25(30-17-29-22)19-11-14-32(15-12-19)27(16-33,20-5-7-21(28)8-6-20)23-10-13-26(2,3)31-23;;/h5-8,16-19,23,31H,4,9-15H2,1-3H3;2*1H/t18-,23+,27+;;/m1../s1. The number of hydrogen-bond acceptors (Lipinski definition) is 5. The third-order valence-electron chi connectivity index (χ3n) is 8.35. The maximum absolute atomic E-state index is 13.0. The van der Waals surface area contributed by atoms with E-state index in [2.05, 4.69) is 36.0 Å². The van der Waals surface area contributed by atoms with Gasteiger partial charge in [-0.1, -0.05) is 30.7 Å². The van der Waals surface area contributed by atoms with Gasteiger partial charge in [0.25, 0.3) is 0 Å². The number of rotatable bonds is 5. The molecule has 0 radical (unpaired) electrons. The Hall–Kier alpha value is -1.24. The number of hydrogen-bond donors (Lipinski definition) is 1. The summed E-state index contributed by atoms with van der Waals surface area (Å²) in [6, 6.07) is 7.97. The van der Waals surface area contributed by atoms with E-state index in [0.717, 1.165) is 50.8 Å². The van der Waals surface area contributed by atoms with E-state index in [1.807, 2.05) is 24.3 Å². The summed E-state index contributed by atoms with van der Waals surface area (Å²) in [7, 11) is 0. The van der Waals surface area contributed by atoms with E-state index in [0.29, 0.717) is 16.9 Å². The Balaban J connectivity index is 0.00000171. The molecular weight excluding hydrogens is 503 g/mol. The largest absolute Gasteiger partial charge is 0.306 e. The number of carbonyl (C=O) groups is 1. The summed E-state index contributed by atoms with van der Waals surface area (Å²) in [6.07, 6.45) is 9.25. The first-order valence-electron chi connectivity index (χ1n) is 12.4. The molecule has 3 aliphatic rings. The lowest BCUT2D eigenvalue weighted by Crippen LogP contribution is -2.61.